The molecule has 138 valence electrons. The summed E-state index contributed by atoms with van der Waals surface area (Å²) in [6, 6.07) is 5.83. The summed E-state index contributed by atoms with van der Waals surface area (Å²) in [4.78, 5) is 32.3. The lowest BCUT2D eigenvalue weighted by molar-refractivity contribution is -0.159. The van der Waals surface area contributed by atoms with Gasteiger partial charge in [0.1, 0.15) is 0 Å². The molecule has 0 atom stereocenters. The van der Waals surface area contributed by atoms with E-state index in [1.807, 2.05) is 25.1 Å². The zero-order valence-corrected chi connectivity index (χ0v) is 15.4. The lowest BCUT2D eigenvalue weighted by Crippen LogP contribution is -2.38. The second-order valence-electron chi connectivity index (χ2n) is 5.33. The van der Waals surface area contributed by atoms with E-state index in [-0.39, 0.29) is 5.91 Å². The topological polar surface area (TPSA) is 116 Å². The normalized spacial score (nSPS) is 14.2. The Labute approximate surface area is 153 Å². The minimum absolute atomic E-state index is 0.0632. The van der Waals surface area contributed by atoms with Crippen molar-refractivity contribution >= 4 is 39.5 Å². The van der Waals surface area contributed by atoms with Crippen molar-refractivity contribution in [1.82, 2.24) is 4.90 Å². The maximum Gasteiger partial charge on any atom is 0.414 e. The number of nitrogens with zero attached hydrogens (tertiary/aromatic N) is 1. The number of hydrogen-bond acceptors (Lipinski definition) is 5. The van der Waals surface area contributed by atoms with Crippen LogP contribution in [0.25, 0.3) is 0 Å². The Morgan fingerprint density at radius 3 is 2.32 bits per heavy atom. The molecule has 1 amide bonds. The lowest BCUT2D eigenvalue weighted by Gasteiger charge is -2.26. The number of carbonyl (C=O) groups excluding carboxylic acids is 1. The van der Waals surface area contributed by atoms with Crippen molar-refractivity contribution in [2.24, 2.45) is 0 Å². The maximum atomic E-state index is 11.9. The number of nitrogens with one attached hydrogen (secondary N) is 1. The third-order valence-electron chi connectivity index (χ3n) is 3.38. The quantitative estimate of drug-likeness (QED) is 0.637. The van der Waals surface area contributed by atoms with Crippen LogP contribution < -0.4 is 5.32 Å². The van der Waals surface area contributed by atoms with Crippen LogP contribution in [-0.2, 0) is 19.1 Å². The molecule has 1 aromatic rings. The minimum atomic E-state index is -1.82. The molecule has 1 saturated heterocycles. The summed E-state index contributed by atoms with van der Waals surface area (Å²) in [5, 5.41) is 17.7. The number of rotatable bonds is 4. The average molecular weight is 417 g/mol. The van der Waals surface area contributed by atoms with Crippen LogP contribution in [-0.4, -0.2) is 65.8 Å². The number of aryl methyl sites for hydroxylation is 1. The van der Waals surface area contributed by atoms with E-state index in [9.17, 15) is 4.79 Å². The molecule has 3 N–H and O–H groups in total. The van der Waals surface area contributed by atoms with Crippen molar-refractivity contribution in [3.8, 4) is 0 Å². The van der Waals surface area contributed by atoms with Crippen molar-refractivity contribution in [3.05, 3.63) is 28.2 Å². The van der Waals surface area contributed by atoms with Crippen molar-refractivity contribution < 1.29 is 29.3 Å². The summed E-state index contributed by atoms with van der Waals surface area (Å²) in [6.07, 6.45) is 0.523. The zero-order valence-electron chi connectivity index (χ0n) is 13.8. The molecule has 1 fully saturated rings. The first-order valence-corrected chi connectivity index (χ1v) is 8.41. The number of hydrogen-bond donors (Lipinski definition) is 3. The molecule has 2 rings (SSSR count). The number of ether oxygens (including phenoxy) is 1. The second-order valence-corrected chi connectivity index (χ2v) is 6.18. The standard InChI is InChI=1S/C14H19BrN2O2.C2H2O4/c1-11-10-12(2-3-13(11)15)16-14(18)4-5-17-6-8-19-9-7-17;3-1(4)2(5)6/h2-3,10H,4-9H2,1H3,(H,16,18);(H,3,4)(H,5,6). The molecule has 1 heterocycles. The van der Waals surface area contributed by atoms with Crippen LogP contribution >= 0.6 is 15.9 Å². The third-order valence-corrected chi connectivity index (χ3v) is 4.27. The van der Waals surface area contributed by atoms with E-state index in [1.54, 1.807) is 0 Å². The number of benzene rings is 1. The van der Waals surface area contributed by atoms with Crippen molar-refractivity contribution in [2.45, 2.75) is 13.3 Å². The number of halogens is 1. The van der Waals surface area contributed by atoms with Gasteiger partial charge in [-0.2, -0.15) is 0 Å². The van der Waals surface area contributed by atoms with Gasteiger partial charge in [0.25, 0.3) is 0 Å². The Hall–Kier alpha value is -1.97. The van der Waals surface area contributed by atoms with Gasteiger partial charge in [-0.3, -0.25) is 9.69 Å². The molecule has 0 aliphatic carbocycles. The fourth-order valence-corrected chi connectivity index (χ4v) is 2.28. The average Bonchev–Trinajstić information content (AvgIpc) is 2.58. The van der Waals surface area contributed by atoms with E-state index in [0.29, 0.717) is 6.42 Å². The molecule has 1 aliphatic heterocycles. The van der Waals surface area contributed by atoms with Crippen LogP contribution in [0.15, 0.2) is 22.7 Å². The van der Waals surface area contributed by atoms with Crippen LogP contribution in [0.3, 0.4) is 0 Å². The van der Waals surface area contributed by atoms with Gasteiger partial charge < -0.3 is 20.3 Å². The summed E-state index contributed by atoms with van der Waals surface area (Å²) in [6.45, 7) is 6.19. The Bertz CT molecular complexity index is 605. The van der Waals surface area contributed by atoms with Crippen molar-refractivity contribution in [1.29, 1.82) is 0 Å². The first kappa shape index (κ1) is 21.1. The first-order chi connectivity index (χ1) is 11.8. The summed E-state index contributed by atoms with van der Waals surface area (Å²) in [5.74, 6) is -3.58. The fraction of sp³-hybridized carbons (Fsp3) is 0.438. The van der Waals surface area contributed by atoms with Crippen molar-refractivity contribution in [3.63, 3.8) is 0 Å². The first-order valence-electron chi connectivity index (χ1n) is 7.62. The molecule has 0 unspecified atom stereocenters. The van der Waals surface area contributed by atoms with Crippen LogP contribution in [0.1, 0.15) is 12.0 Å². The van der Waals surface area contributed by atoms with Gasteiger partial charge in [-0.05, 0) is 30.7 Å². The van der Waals surface area contributed by atoms with Crippen molar-refractivity contribution in [2.75, 3.05) is 38.2 Å². The van der Waals surface area contributed by atoms with Gasteiger partial charge in [0, 0.05) is 36.2 Å². The number of anilines is 1. The Balaban J connectivity index is 0.000000450. The number of carboxylic acids is 2. The number of amides is 1. The Kier molecular flexibility index (Phi) is 9.11. The predicted molar refractivity (Wildman–Crippen MR) is 94.7 cm³/mol. The van der Waals surface area contributed by atoms with Gasteiger partial charge in [-0.25, -0.2) is 9.59 Å². The number of carboxylic acid groups (broad SMARTS) is 2. The largest absolute Gasteiger partial charge is 0.473 e. The van der Waals surface area contributed by atoms with Crippen LogP contribution in [0.5, 0.6) is 0 Å². The van der Waals surface area contributed by atoms with E-state index in [1.165, 1.54) is 0 Å². The van der Waals surface area contributed by atoms with Crippen LogP contribution in [0.4, 0.5) is 5.69 Å². The molecule has 1 aliphatic rings. The molecule has 0 bridgehead atoms. The Morgan fingerprint density at radius 1 is 1.20 bits per heavy atom. The number of carbonyl (C=O) groups is 3. The fourth-order valence-electron chi connectivity index (χ4n) is 2.03. The molecule has 0 aromatic heterocycles. The zero-order chi connectivity index (χ0) is 18.8. The Morgan fingerprint density at radius 2 is 1.80 bits per heavy atom. The van der Waals surface area contributed by atoms with Crippen LogP contribution in [0.2, 0.25) is 0 Å². The van der Waals surface area contributed by atoms with Gasteiger partial charge in [0.2, 0.25) is 5.91 Å². The van der Waals surface area contributed by atoms with E-state index >= 15 is 0 Å². The van der Waals surface area contributed by atoms with Gasteiger partial charge in [0.15, 0.2) is 0 Å². The molecular formula is C16H21BrN2O6. The number of morpholine rings is 1. The SMILES string of the molecule is Cc1cc(NC(=O)CCN2CCOCC2)ccc1Br.O=C(O)C(=O)O. The molecule has 25 heavy (non-hydrogen) atoms. The predicted octanol–water partition coefficient (Wildman–Crippen LogP) is 1.57. The van der Waals surface area contributed by atoms with E-state index in [0.717, 1.165) is 48.6 Å². The highest BCUT2D eigenvalue weighted by Gasteiger charge is 2.12. The van der Waals surface area contributed by atoms with Gasteiger partial charge in [-0.15, -0.1) is 0 Å². The second kappa shape index (κ2) is 10.8. The van der Waals surface area contributed by atoms with Gasteiger partial charge >= 0.3 is 11.9 Å². The summed E-state index contributed by atoms with van der Waals surface area (Å²) in [5.41, 5.74) is 1.97. The molecular weight excluding hydrogens is 396 g/mol. The highest BCUT2D eigenvalue weighted by atomic mass is 79.9. The maximum absolute atomic E-state index is 11.9. The smallest absolute Gasteiger partial charge is 0.414 e. The van der Waals surface area contributed by atoms with E-state index in [2.05, 4.69) is 26.1 Å². The minimum Gasteiger partial charge on any atom is -0.473 e. The van der Waals surface area contributed by atoms with E-state index < -0.39 is 11.9 Å². The monoisotopic (exact) mass is 416 g/mol. The van der Waals surface area contributed by atoms with Gasteiger partial charge in [0.05, 0.1) is 13.2 Å². The summed E-state index contributed by atoms with van der Waals surface area (Å²) >= 11 is 3.45. The molecule has 8 nitrogen and oxygen atoms in total. The van der Waals surface area contributed by atoms with Gasteiger partial charge in [-0.1, -0.05) is 15.9 Å². The number of aliphatic carboxylic acids is 2. The lowest BCUT2D eigenvalue weighted by atomic mass is 10.2. The van der Waals surface area contributed by atoms with Crippen LogP contribution in [0, 0.1) is 6.92 Å². The highest BCUT2D eigenvalue weighted by Crippen LogP contribution is 2.20. The molecule has 1 aromatic carbocycles. The molecule has 9 heteroatoms. The molecule has 0 radical (unpaired) electrons. The summed E-state index contributed by atoms with van der Waals surface area (Å²) in [7, 11) is 0. The van der Waals surface area contributed by atoms with E-state index in [4.69, 9.17) is 24.5 Å². The molecule has 0 saturated carbocycles. The summed E-state index contributed by atoms with van der Waals surface area (Å²) < 4.78 is 6.33. The third kappa shape index (κ3) is 8.62. The molecule has 0 spiro atoms. The highest BCUT2D eigenvalue weighted by molar-refractivity contribution is 9.10.